The number of nitrogens with one attached hydrogen (secondary N) is 1. The number of nitrogens with two attached hydrogens (primary N) is 1. The third-order valence-electron chi connectivity index (χ3n) is 2.03. The first-order valence-corrected chi connectivity index (χ1v) is 5.69. The maximum absolute atomic E-state index is 11.7. The molecule has 0 saturated heterocycles. The molecule has 1 aromatic heterocycles. The first-order valence-electron chi connectivity index (χ1n) is 5.31. The molecule has 0 aliphatic rings. The minimum absolute atomic E-state index is 0.00543. The Bertz CT molecular complexity index is 402. The average molecular weight is 245 g/mol. The topological polar surface area (TPSA) is 72.9 Å². The second-order valence-corrected chi connectivity index (χ2v) is 4.14. The number of anilines is 1. The molecule has 1 rings (SSSR count). The third-order valence-corrected chi connectivity index (χ3v) is 2.40. The molecule has 6 heteroatoms. The number of aromatic nitrogens is 2. The van der Waals surface area contributed by atoms with E-state index in [1.54, 1.807) is 6.20 Å². The van der Waals surface area contributed by atoms with Gasteiger partial charge in [0.2, 0.25) is 0 Å². The van der Waals surface area contributed by atoms with E-state index in [0.717, 1.165) is 6.42 Å². The molecule has 1 aromatic rings. The zero-order chi connectivity index (χ0) is 12.1. The Kier molecular flexibility index (Phi) is 4.76. The van der Waals surface area contributed by atoms with Crippen molar-refractivity contribution in [2.45, 2.75) is 32.9 Å². The second kappa shape index (κ2) is 5.86. The second-order valence-electron chi connectivity index (χ2n) is 3.76. The molecule has 0 fully saturated rings. The highest BCUT2D eigenvalue weighted by Crippen LogP contribution is 2.14. The molecule has 90 valence electrons. The fraction of sp³-hybridized carbons (Fsp3) is 0.600. The predicted octanol–water partition coefficient (Wildman–Crippen LogP) is 1.07. The fourth-order valence-corrected chi connectivity index (χ4v) is 1.44. The van der Waals surface area contributed by atoms with Gasteiger partial charge in [-0.3, -0.25) is 4.79 Å². The van der Waals surface area contributed by atoms with Crippen molar-refractivity contribution >= 4 is 17.3 Å². The van der Waals surface area contributed by atoms with E-state index in [9.17, 15) is 4.79 Å². The van der Waals surface area contributed by atoms with Crippen molar-refractivity contribution in [1.82, 2.24) is 9.78 Å². The molecule has 16 heavy (non-hydrogen) atoms. The smallest absolute Gasteiger partial charge is 0.287 e. The molecule has 1 unspecified atom stereocenters. The van der Waals surface area contributed by atoms with E-state index in [1.807, 2.05) is 13.8 Å². The van der Waals surface area contributed by atoms with Gasteiger partial charge >= 0.3 is 0 Å². The van der Waals surface area contributed by atoms with Crippen LogP contribution < -0.4 is 16.6 Å². The van der Waals surface area contributed by atoms with Crippen LogP contribution in [0.5, 0.6) is 0 Å². The first kappa shape index (κ1) is 13.0. The number of nitrogens with zero attached hydrogens (tertiary/aromatic N) is 2. The monoisotopic (exact) mass is 244 g/mol. The summed E-state index contributed by atoms with van der Waals surface area (Å²) in [6.45, 7) is 4.97. The van der Waals surface area contributed by atoms with E-state index in [2.05, 4.69) is 10.4 Å². The Labute approximate surface area is 99.6 Å². The minimum atomic E-state index is -0.266. The summed E-state index contributed by atoms with van der Waals surface area (Å²) in [5, 5.41) is 7.18. The van der Waals surface area contributed by atoms with Crippen molar-refractivity contribution in [2.75, 3.05) is 11.9 Å². The highest BCUT2D eigenvalue weighted by Gasteiger charge is 2.08. The molecule has 1 heterocycles. The quantitative estimate of drug-likeness (QED) is 0.813. The minimum Gasteiger partial charge on any atom is -0.381 e. The van der Waals surface area contributed by atoms with Crippen molar-refractivity contribution in [3.05, 3.63) is 21.6 Å². The van der Waals surface area contributed by atoms with E-state index in [-0.39, 0.29) is 16.6 Å². The molecule has 0 spiro atoms. The van der Waals surface area contributed by atoms with Gasteiger partial charge in [-0.2, -0.15) is 5.10 Å². The summed E-state index contributed by atoms with van der Waals surface area (Å²) in [7, 11) is 0. The molecule has 0 amide bonds. The summed E-state index contributed by atoms with van der Waals surface area (Å²) < 4.78 is 1.36. The molecule has 0 aromatic carbocycles. The Morgan fingerprint density at radius 2 is 2.38 bits per heavy atom. The number of halogens is 1. The standard InChI is InChI=1S/C10H17ClN4O/c1-3-4-15-10(16)9(11)8(6-14-15)13-5-7(2)12/h6-7,13H,3-5,12H2,1-2H3. The van der Waals surface area contributed by atoms with Gasteiger partial charge in [-0.25, -0.2) is 4.68 Å². The van der Waals surface area contributed by atoms with Crippen LogP contribution in [0.1, 0.15) is 20.3 Å². The lowest BCUT2D eigenvalue weighted by Crippen LogP contribution is -2.28. The molecule has 0 aliphatic carbocycles. The van der Waals surface area contributed by atoms with E-state index in [4.69, 9.17) is 17.3 Å². The Morgan fingerprint density at radius 1 is 1.69 bits per heavy atom. The van der Waals surface area contributed by atoms with Crippen LogP contribution >= 0.6 is 11.6 Å². The molecule has 0 radical (unpaired) electrons. The zero-order valence-corrected chi connectivity index (χ0v) is 10.3. The number of hydrogen-bond acceptors (Lipinski definition) is 4. The van der Waals surface area contributed by atoms with Crippen LogP contribution in [0.25, 0.3) is 0 Å². The Balaban J connectivity index is 2.89. The number of hydrogen-bond donors (Lipinski definition) is 2. The third kappa shape index (κ3) is 3.21. The predicted molar refractivity (Wildman–Crippen MR) is 65.9 cm³/mol. The van der Waals surface area contributed by atoms with Crippen molar-refractivity contribution in [1.29, 1.82) is 0 Å². The van der Waals surface area contributed by atoms with Crippen LogP contribution in [0, 0.1) is 0 Å². The SMILES string of the molecule is CCCn1ncc(NCC(C)N)c(Cl)c1=O. The Hall–Kier alpha value is -1.07. The summed E-state index contributed by atoms with van der Waals surface area (Å²) >= 11 is 5.94. The van der Waals surface area contributed by atoms with E-state index >= 15 is 0 Å². The van der Waals surface area contributed by atoms with Gasteiger partial charge in [0, 0.05) is 19.1 Å². The zero-order valence-electron chi connectivity index (χ0n) is 9.53. The average Bonchev–Trinajstić information content (AvgIpc) is 2.24. The summed E-state index contributed by atoms with van der Waals surface area (Å²) in [6.07, 6.45) is 2.40. The van der Waals surface area contributed by atoms with Gasteiger partial charge in [0.05, 0.1) is 11.9 Å². The van der Waals surface area contributed by atoms with Crippen LogP contribution in [-0.2, 0) is 6.54 Å². The molecule has 0 bridgehead atoms. The molecule has 5 nitrogen and oxygen atoms in total. The van der Waals surface area contributed by atoms with Crippen molar-refractivity contribution < 1.29 is 0 Å². The number of rotatable bonds is 5. The van der Waals surface area contributed by atoms with Gasteiger partial charge in [0.25, 0.3) is 5.56 Å². The van der Waals surface area contributed by atoms with Gasteiger partial charge in [0.1, 0.15) is 5.02 Å². The summed E-state index contributed by atoms with van der Waals surface area (Å²) in [4.78, 5) is 11.7. The lowest BCUT2D eigenvalue weighted by atomic mass is 10.3. The van der Waals surface area contributed by atoms with Gasteiger partial charge < -0.3 is 11.1 Å². The summed E-state index contributed by atoms with van der Waals surface area (Å²) in [6, 6.07) is -0.00543. The van der Waals surface area contributed by atoms with Crippen LogP contribution in [-0.4, -0.2) is 22.4 Å². The first-order chi connectivity index (χ1) is 7.56. The summed E-state index contributed by atoms with van der Waals surface area (Å²) in [5.74, 6) is 0. The van der Waals surface area contributed by atoms with E-state index in [0.29, 0.717) is 18.8 Å². The molecule has 1 atom stereocenters. The molecule has 0 aliphatic heterocycles. The van der Waals surface area contributed by atoms with E-state index < -0.39 is 0 Å². The van der Waals surface area contributed by atoms with Gasteiger partial charge in [-0.1, -0.05) is 18.5 Å². The summed E-state index contributed by atoms with van der Waals surface area (Å²) in [5.41, 5.74) is 5.87. The van der Waals surface area contributed by atoms with Crippen molar-refractivity contribution in [3.8, 4) is 0 Å². The molecular formula is C10H17ClN4O. The molecular weight excluding hydrogens is 228 g/mol. The van der Waals surface area contributed by atoms with Crippen LogP contribution in [0.3, 0.4) is 0 Å². The highest BCUT2D eigenvalue weighted by molar-refractivity contribution is 6.32. The lowest BCUT2D eigenvalue weighted by molar-refractivity contribution is 0.568. The van der Waals surface area contributed by atoms with Crippen LogP contribution in [0.15, 0.2) is 11.0 Å². The van der Waals surface area contributed by atoms with Crippen molar-refractivity contribution in [2.24, 2.45) is 5.73 Å². The maximum Gasteiger partial charge on any atom is 0.287 e. The van der Waals surface area contributed by atoms with Gasteiger partial charge in [0.15, 0.2) is 0 Å². The molecule has 0 saturated carbocycles. The normalized spacial score (nSPS) is 12.5. The molecule has 3 N–H and O–H groups in total. The largest absolute Gasteiger partial charge is 0.381 e. The number of aryl methyl sites for hydroxylation is 1. The Morgan fingerprint density at radius 3 is 2.94 bits per heavy atom. The highest BCUT2D eigenvalue weighted by atomic mass is 35.5. The van der Waals surface area contributed by atoms with E-state index in [1.165, 1.54) is 4.68 Å². The van der Waals surface area contributed by atoms with Gasteiger partial charge in [-0.05, 0) is 13.3 Å². The fourth-order valence-electron chi connectivity index (χ4n) is 1.23. The maximum atomic E-state index is 11.7. The van der Waals surface area contributed by atoms with Crippen LogP contribution in [0.2, 0.25) is 5.02 Å². The van der Waals surface area contributed by atoms with Crippen LogP contribution in [0.4, 0.5) is 5.69 Å². The lowest BCUT2D eigenvalue weighted by Gasteiger charge is -2.11. The van der Waals surface area contributed by atoms with Crippen molar-refractivity contribution in [3.63, 3.8) is 0 Å². The van der Waals surface area contributed by atoms with Gasteiger partial charge in [-0.15, -0.1) is 0 Å².